The van der Waals surface area contributed by atoms with Gasteiger partial charge in [-0.3, -0.25) is 0 Å². The van der Waals surface area contributed by atoms with Gasteiger partial charge >= 0.3 is 0 Å². The van der Waals surface area contributed by atoms with Gasteiger partial charge in [-0.2, -0.15) is 0 Å². The van der Waals surface area contributed by atoms with E-state index in [4.69, 9.17) is 28.8 Å². The van der Waals surface area contributed by atoms with Gasteiger partial charge in [-0.1, -0.05) is 132 Å². The molecule has 0 aliphatic rings. The highest BCUT2D eigenvalue weighted by atomic mass is 15.0. The molecule has 0 spiro atoms. The Bertz CT molecular complexity index is 4570. The first-order chi connectivity index (χ1) is 38.1. The third-order valence-electron chi connectivity index (χ3n) is 7.99. The summed E-state index contributed by atoms with van der Waals surface area (Å²) in [5.74, 6) is 0. The summed E-state index contributed by atoms with van der Waals surface area (Å²) in [5, 5.41) is -2.47. The van der Waals surface area contributed by atoms with Crippen molar-refractivity contribution < 1.29 is 42.5 Å². The van der Waals surface area contributed by atoms with Crippen LogP contribution < -0.4 is 0 Å². The molecule has 2 nitrogen and oxygen atoms in total. The molecule has 0 saturated heterocycles. The Morgan fingerprint density at radius 2 is 0.765 bits per heavy atom. The van der Waals surface area contributed by atoms with Crippen LogP contribution >= 0.6 is 0 Å². The fourth-order valence-corrected chi connectivity index (χ4v) is 5.83. The molecule has 0 amide bonds. The lowest BCUT2D eigenvalue weighted by atomic mass is 9.95. The van der Waals surface area contributed by atoms with Crippen molar-refractivity contribution in [2.24, 2.45) is 0 Å². The van der Waals surface area contributed by atoms with Crippen LogP contribution in [0, 0.1) is 6.92 Å². The maximum absolute atomic E-state index is 10.1. The molecular weight excluding hydrogens is 617 g/mol. The average molecular weight is 682 g/mol. The zero-order valence-corrected chi connectivity index (χ0v) is 25.9. The number of fused-ring (bicyclic) bond motifs is 6. The lowest BCUT2D eigenvalue weighted by molar-refractivity contribution is 1.17. The van der Waals surface area contributed by atoms with Crippen LogP contribution in [-0.4, -0.2) is 9.13 Å². The van der Waals surface area contributed by atoms with Crippen molar-refractivity contribution in [1.82, 2.24) is 9.13 Å². The van der Waals surface area contributed by atoms with E-state index < -0.39 is 276 Å². The van der Waals surface area contributed by atoms with E-state index in [1.807, 2.05) is 0 Å². The van der Waals surface area contributed by atoms with Gasteiger partial charge in [0.25, 0.3) is 0 Å². The zero-order valence-electron chi connectivity index (χ0n) is 56.9. The first kappa shape index (κ1) is 11.7. The maximum Gasteiger partial charge on any atom is 0.0652 e. The Morgan fingerprint density at radius 1 is 0.314 bits per heavy atom. The molecule has 8 aromatic carbocycles. The van der Waals surface area contributed by atoms with Gasteiger partial charge < -0.3 is 9.13 Å². The summed E-state index contributed by atoms with van der Waals surface area (Å²) in [5.41, 5.74) is -10.4. The Labute approximate surface area is 340 Å². The van der Waals surface area contributed by atoms with E-state index in [-0.39, 0.29) is 5.56 Å². The third-order valence-corrected chi connectivity index (χ3v) is 7.99. The zero-order chi connectivity index (χ0) is 60.9. The van der Waals surface area contributed by atoms with Gasteiger partial charge in [0, 0.05) is 32.9 Å². The van der Waals surface area contributed by atoms with E-state index in [1.54, 1.807) is 0 Å². The van der Waals surface area contributed by atoms with Gasteiger partial charge in [0.1, 0.15) is 0 Å². The Balaban J connectivity index is 1.50. The summed E-state index contributed by atoms with van der Waals surface area (Å²) in [6.07, 6.45) is 0. The molecule has 51 heavy (non-hydrogen) atoms. The smallest absolute Gasteiger partial charge is 0.0652 e. The fourth-order valence-electron chi connectivity index (χ4n) is 5.83. The van der Waals surface area contributed by atoms with Crippen molar-refractivity contribution in [3.63, 3.8) is 0 Å². The molecule has 0 aliphatic carbocycles. The third kappa shape index (κ3) is 4.87. The number of aromatic nitrogens is 2. The SMILES string of the molecule is [2H]c1c([2H])c([2H])c(-c2c([2H])c(-c3c([2H])c([2H])c([2H])c(-c4c([2H])c([2H])c([2H])c(C)c4[2H])c3[2H])c([2H])c(-n3c4c([2H])c([2H])c([2H])c([2H])c4c4c([2H])c(-n5c6c([2H])c([2H])c([2H])c([2H])c6c6c([2H])c([2H])c([2H])c([2H])c65)c([2H])c([2H])c43)c2[2H])c([2H])c1[2H]. The van der Waals surface area contributed by atoms with Gasteiger partial charge in [-0.15, -0.1) is 0 Å². The lowest BCUT2D eigenvalue weighted by Gasteiger charge is -2.15. The van der Waals surface area contributed by atoms with Crippen LogP contribution in [0.4, 0.5) is 0 Å². The molecule has 0 atom stereocenters. The van der Waals surface area contributed by atoms with E-state index >= 15 is 0 Å². The van der Waals surface area contributed by atoms with Crippen LogP contribution in [0.25, 0.3) is 88.4 Å². The van der Waals surface area contributed by atoms with Crippen LogP contribution in [-0.2, 0) is 0 Å². The molecule has 0 unspecified atom stereocenters. The molecule has 10 aromatic rings. The molecular formula is C49H34N2. The molecule has 0 fully saturated rings. The first-order valence-corrected chi connectivity index (χ1v) is 15.1. The van der Waals surface area contributed by atoms with Gasteiger partial charge in [-0.05, 0) is 101 Å². The van der Waals surface area contributed by atoms with E-state index in [9.17, 15) is 13.7 Å². The van der Waals surface area contributed by atoms with E-state index in [1.165, 1.54) is 6.92 Å². The summed E-state index contributed by atoms with van der Waals surface area (Å²) in [7, 11) is 0. The van der Waals surface area contributed by atoms with E-state index in [2.05, 4.69) is 0 Å². The van der Waals surface area contributed by atoms with Gasteiger partial charge in [0.15, 0.2) is 0 Å². The van der Waals surface area contributed by atoms with Gasteiger partial charge in [0.05, 0.1) is 64.6 Å². The fraction of sp³-hybridized carbons (Fsp3) is 0.0204. The van der Waals surface area contributed by atoms with Crippen LogP contribution in [0.2, 0.25) is 0 Å². The minimum absolute atomic E-state index is 0.218. The van der Waals surface area contributed by atoms with Crippen molar-refractivity contribution in [1.29, 1.82) is 0 Å². The normalized spacial score (nSPS) is 20.1. The van der Waals surface area contributed by atoms with Gasteiger partial charge in [0.2, 0.25) is 0 Å². The van der Waals surface area contributed by atoms with Crippen LogP contribution in [0.1, 0.15) is 48.1 Å². The molecule has 240 valence electrons. The molecule has 2 heterocycles. The Kier molecular flexibility index (Phi) is 2.70. The number of para-hydroxylation sites is 3. The standard InChI is InChI=1S/C49H34N2/c1-33-13-11-16-35(27-33)36-17-12-18-37(28-36)39-29-38(34-14-3-2-4-15-34)30-41(31-39)51-48-24-10-7-21-44(48)45-32-40(25-26-49(45)51)50-46-22-8-5-19-42(46)43-20-6-9-23-47(43)50/h2-32H,1H3/i2D,3D,4D,5D,6D,7D,8D,9D,10D,11D,12D,13D,14D,15D,16D,17D,18D,19D,20D,21D,22D,23D,24D,25D,26D,27D,28D,29D,30D,31D,32D. The molecule has 0 bridgehead atoms. The minimum atomic E-state index is -1.21. The number of hydrogen-bond donors (Lipinski definition) is 0. The topological polar surface area (TPSA) is 9.86 Å². The van der Waals surface area contributed by atoms with Crippen molar-refractivity contribution in [3.8, 4) is 44.8 Å². The first-order valence-electron chi connectivity index (χ1n) is 30.6. The minimum Gasteiger partial charge on any atom is -0.309 e. The number of benzene rings is 8. The molecule has 10 rings (SSSR count). The van der Waals surface area contributed by atoms with Crippen molar-refractivity contribution >= 4 is 43.6 Å². The molecule has 0 aliphatic heterocycles. The second-order valence-electron chi connectivity index (χ2n) is 11.0. The predicted molar refractivity (Wildman–Crippen MR) is 216 cm³/mol. The largest absolute Gasteiger partial charge is 0.309 e. The summed E-state index contributed by atoms with van der Waals surface area (Å²) in [6, 6.07) is -30.1. The maximum atomic E-state index is 10.1. The number of rotatable bonds is 5. The molecule has 2 aromatic heterocycles. The van der Waals surface area contributed by atoms with Crippen LogP contribution in [0.3, 0.4) is 0 Å². The molecule has 0 N–H and O–H groups in total. The summed E-state index contributed by atoms with van der Waals surface area (Å²) in [4.78, 5) is 0. The quantitative estimate of drug-likeness (QED) is 0.171. The van der Waals surface area contributed by atoms with Crippen LogP contribution in [0.5, 0.6) is 0 Å². The summed E-state index contributed by atoms with van der Waals surface area (Å²) in [6.45, 7) is 1.23. The van der Waals surface area contributed by atoms with Crippen molar-refractivity contribution in [2.75, 3.05) is 0 Å². The second-order valence-corrected chi connectivity index (χ2v) is 11.0. The lowest BCUT2D eigenvalue weighted by Crippen LogP contribution is -1.97. The highest BCUT2D eigenvalue weighted by Crippen LogP contribution is 2.39. The highest BCUT2D eigenvalue weighted by molar-refractivity contribution is 6.12. The molecule has 2 heteroatoms. The number of nitrogens with zero attached hydrogens (tertiary/aromatic N) is 2. The van der Waals surface area contributed by atoms with E-state index in [0.29, 0.717) is 4.57 Å². The number of hydrogen-bond acceptors (Lipinski definition) is 0. The molecule has 0 saturated carbocycles. The summed E-state index contributed by atoms with van der Waals surface area (Å²) >= 11 is 0. The van der Waals surface area contributed by atoms with Crippen molar-refractivity contribution in [2.45, 2.75) is 6.92 Å². The Hall–Kier alpha value is -6.64. The highest BCUT2D eigenvalue weighted by Gasteiger charge is 2.17. The predicted octanol–water partition coefficient (Wildman–Crippen LogP) is 13.2. The van der Waals surface area contributed by atoms with Crippen LogP contribution in [0.15, 0.2) is 187 Å². The Morgan fingerprint density at radius 3 is 1.43 bits per heavy atom. The summed E-state index contributed by atoms with van der Waals surface area (Å²) < 4.78 is 283. The monoisotopic (exact) mass is 681 g/mol. The molecule has 0 radical (unpaired) electrons. The van der Waals surface area contributed by atoms with E-state index in [0.717, 1.165) is 4.57 Å². The van der Waals surface area contributed by atoms with Crippen molar-refractivity contribution in [3.05, 3.63) is 193 Å². The average Bonchev–Trinajstić information content (AvgIpc) is 1.61. The van der Waals surface area contributed by atoms with Gasteiger partial charge in [-0.25, -0.2) is 0 Å². The second kappa shape index (κ2) is 11.8.